The minimum Gasteiger partial charge on any atom is -0.319 e. The van der Waals surface area contributed by atoms with Crippen LogP contribution >= 0.6 is 0 Å². The lowest BCUT2D eigenvalue weighted by molar-refractivity contribution is 0.580. The summed E-state index contributed by atoms with van der Waals surface area (Å²) >= 11 is 0. The molecule has 4 heteroatoms. The molecule has 0 aliphatic carbocycles. The van der Waals surface area contributed by atoms with Gasteiger partial charge >= 0.3 is 0 Å². The quantitative estimate of drug-likeness (QED) is 0.878. The first-order valence-electron chi connectivity index (χ1n) is 7.06. The van der Waals surface area contributed by atoms with Gasteiger partial charge in [0.15, 0.2) is 0 Å². The molecule has 0 bridgehead atoms. The molecule has 0 aliphatic heterocycles. The van der Waals surface area contributed by atoms with E-state index in [1.54, 1.807) is 12.1 Å². The lowest BCUT2D eigenvalue weighted by Gasteiger charge is -2.17. The summed E-state index contributed by atoms with van der Waals surface area (Å²) in [6, 6.07) is 9.01. The maximum absolute atomic E-state index is 13.4. The van der Waals surface area contributed by atoms with Crippen molar-refractivity contribution in [2.45, 2.75) is 25.7 Å². The van der Waals surface area contributed by atoms with Crippen molar-refractivity contribution in [1.82, 2.24) is 15.1 Å². The van der Waals surface area contributed by atoms with Gasteiger partial charge in [-0.05, 0) is 43.7 Å². The van der Waals surface area contributed by atoms with E-state index < -0.39 is 0 Å². The molecule has 1 N–H and O–H groups in total. The molecule has 0 fully saturated rings. The van der Waals surface area contributed by atoms with E-state index in [1.165, 1.54) is 11.8 Å². The van der Waals surface area contributed by atoms with Crippen molar-refractivity contribution >= 4 is 0 Å². The van der Waals surface area contributed by atoms with E-state index >= 15 is 0 Å². The van der Waals surface area contributed by atoms with Gasteiger partial charge in [-0.15, -0.1) is 0 Å². The summed E-state index contributed by atoms with van der Waals surface area (Å²) in [6.07, 6.45) is 1.79. The Labute approximate surface area is 119 Å². The number of hydrogen-bond acceptors (Lipinski definition) is 2. The zero-order chi connectivity index (χ0) is 14.5. The second-order valence-electron chi connectivity index (χ2n) is 5.12. The Morgan fingerprint density at radius 3 is 2.75 bits per heavy atom. The Hall–Kier alpha value is -1.68. The minimum absolute atomic E-state index is 0.178. The summed E-state index contributed by atoms with van der Waals surface area (Å²) < 4.78 is 15.3. The van der Waals surface area contributed by atoms with E-state index in [9.17, 15) is 4.39 Å². The van der Waals surface area contributed by atoms with Crippen molar-refractivity contribution in [2.24, 2.45) is 7.05 Å². The van der Waals surface area contributed by atoms with Crippen LogP contribution in [0.1, 0.15) is 29.8 Å². The predicted octanol–water partition coefficient (Wildman–Crippen LogP) is 2.67. The fourth-order valence-corrected chi connectivity index (χ4v) is 2.50. The van der Waals surface area contributed by atoms with Crippen LogP contribution in [-0.4, -0.2) is 23.4 Å². The van der Waals surface area contributed by atoms with Gasteiger partial charge in [-0.2, -0.15) is 5.10 Å². The normalized spacial score (nSPS) is 12.6. The average molecular weight is 275 g/mol. The third kappa shape index (κ3) is 3.45. The Kier molecular flexibility index (Phi) is 4.90. The van der Waals surface area contributed by atoms with Crippen LogP contribution in [0.15, 0.2) is 30.3 Å². The Bertz CT molecular complexity index is 563. The van der Waals surface area contributed by atoms with Gasteiger partial charge in [-0.1, -0.05) is 19.1 Å². The number of nitrogens with zero attached hydrogens (tertiary/aromatic N) is 2. The summed E-state index contributed by atoms with van der Waals surface area (Å²) in [5.74, 6) is 0.0682. The maximum atomic E-state index is 13.4. The van der Waals surface area contributed by atoms with E-state index in [-0.39, 0.29) is 11.7 Å². The lowest BCUT2D eigenvalue weighted by atomic mass is 9.94. The zero-order valence-corrected chi connectivity index (χ0v) is 12.4. The topological polar surface area (TPSA) is 29.9 Å². The maximum Gasteiger partial charge on any atom is 0.123 e. The van der Waals surface area contributed by atoms with Gasteiger partial charge in [-0.25, -0.2) is 4.39 Å². The molecule has 0 saturated carbocycles. The first-order chi connectivity index (χ1) is 9.63. The molecule has 20 heavy (non-hydrogen) atoms. The smallest absolute Gasteiger partial charge is 0.123 e. The highest BCUT2D eigenvalue weighted by Gasteiger charge is 2.15. The molecule has 1 unspecified atom stereocenters. The standard InChI is InChI=1S/C16H22FN3/c1-4-15-10-16(20(3)19-15)9-13(11-18-2)12-6-5-7-14(17)8-12/h5-8,10,13,18H,4,9,11H2,1-3H3. The second kappa shape index (κ2) is 6.66. The highest BCUT2D eigenvalue weighted by Crippen LogP contribution is 2.21. The number of nitrogens with one attached hydrogen (secondary N) is 1. The van der Waals surface area contributed by atoms with E-state index in [4.69, 9.17) is 0 Å². The molecule has 1 aromatic heterocycles. The number of likely N-dealkylation sites (N-methyl/N-ethyl adjacent to an activating group) is 1. The largest absolute Gasteiger partial charge is 0.319 e. The van der Waals surface area contributed by atoms with E-state index in [0.717, 1.165) is 30.6 Å². The van der Waals surface area contributed by atoms with Crippen molar-refractivity contribution in [3.05, 3.63) is 53.1 Å². The van der Waals surface area contributed by atoms with E-state index in [0.29, 0.717) is 0 Å². The number of aryl methyl sites for hydroxylation is 2. The molecule has 3 nitrogen and oxygen atoms in total. The van der Waals surface area contributed by atoms with Crippen LogP contribution in [0.2, 0.25) is 0 Å². The van der Waals surface area contributed by atoms with Gasteiger partial charge in [0.25, 0.3) is 0 Å². The highest BCUT2D eigenvalue weighted by atomic mass is 19.1. The highest BCUT2D eigenvalue weighted by molar-refractivity contribution is 5.24. The molecule has 0 saturated heterocycles. The number of aromatic nitrogens is 2. The molecule has 2 aromatic rings. The van der Waals surface area contributed by atoms with Crippen LogP contribution in [0, 0.1) is 5.82 Å². The van der Waals surface area contributed by atoms with Crippen molar-refractivity contribution in [3.63, 3.8) is 0 Å². The Morgan fingerprint density at radius 2 is 2.15 bits per heavy atom. The molecular weight excluding hydrogens is 253 g/mol. The van der Waals surface area contributed by atoms with Crippen LogP contribution in [0.3, 0.4) is 0 Å². The molecule has 0 radical (unpaired) electrons. The van der Waals surface area contributed by atoms with Crippen LogP contribution < -0.4 is 5.32 Å². The molecule has 1 atom stereocenters. The summed E-state index contributed by atoms with van der Waals surface area (Å²) in [4.78, 5) is 0. The molecule has 0 amide bonds. The number of hydrogen-bond donors (Lipinski definition) is 1. The molecule has 1 aromatic carbocycles. The number of benzene rings is 1. The van der Waals surface area contributed by atoms with Gasteiger partial charge in [0.05, 0.1) is 5.69 Å². The van der Waals surface area contributed by atoms with Gasteiger partial charge in [0.2, 0.25) is 0 Å². The first kappa shape index (κ1) is 14.7. The molecule has 108 valence electrons. The predicted molar refractivity (Wildman–Crippen MR) is 79.4 cm³/mol. The minimum atomic E-state index is -0.178. The van der Waals surface area contributed by atoms with Crippen molar-refractivity contribution in [2.75, 3.05) is 13.6 Å². The molecular formula is C16H22FN3. The monoisotopic (exact) mass is 275 g/mol. The Balaban J connectivity index is 2.22. The van der Waals surface area contributed by atoms with Crippen molar-refractivity contribution in [1.29, 1.82) is 0 Å². The molecule has 1 heterocycles. The summed E-state index contributed by atoms with van der Waals surface area (Å²) in [7, 11) is 3.89. The SMILES string of the molecule is CCc1cc(CC(CNC)c2cccc(F)c2)n(C)n1. The van der Waals surface area contributed by atoms with Gasteiger partial charge in [-0.3, -0.25) is 4.68 Å². The number of halogens is 1. The second-order valence-corrected chi connectivity index (χ2v) is 5.12. The van der Waals surface area contributed by atoms with E-state index in [2.05, 4.69) is 23.4 Å². The van der Waals surface area contributed by atoms with Crippen molar-refractivity contribution < 1.29 is 4.39 Å². The van der Waals surface area contributed by atoms with Crippen LogP contribution in [0.4, 0.5) is 4.39 Å². The van der Waals surface area contributed by atoms with Gasteiger partial charge in [0.1, 0.15) is 5.82 Å². The van der Waals surface area contributed by atoms with Gasteiger partial charge < -0.3 is 5.32 Å². The lowest BCUT2D eigenvalue weighted by Crippen LogP contribution is -2.20. The first-order valence-corrected chi connectivity index (χ1v) is 7.06. The summed E-state index contributed by atoms with van der Waals surface area (Å²) in [6.45, 7) is 2.92. The third-order valence-electron chi connectivity index (χ3n) is 3.62. The zero-order valence-electron chi connectivity index (χ0n) is 12.4. The number of rotatable bonds is 6. The fourth-order valence-electron chi connectivity index (χ4n) is 2.50. The Morgan fingerprint density at radius 1 is 1.35 bits per heavy atom. The van der Waals surface area contributed by atoms with Gasteiger partial charge in [0, 0.05) is 25.2 Å². The van der Waals surface area contributed by atoms with E-state index in [1.807, 2.05) is 24.8 Å². The molecule has 2 rings (SSSR count). The van der Waals surface area contributed by atoms with Crippen LogP contribution in [0.25, 0.3) is 0 Å². The van der Waals surface area contributed by atoms with Crippen LogP contribution in [0.5, 0.6) is 0 Å². The third-order valence-corrected chi connectivity index (χ3v) is 3.62. The summed E-state index contributed by atoms with van der Waals surface area (Å²) in [5, 5.41) is 7.67. The molecule has 0 aliphatic rings. The van der Waals surface area contributed by atoms with Crippen LogP contribution in [-0.2, 0) is 19.9 Å². The average Bonchev–Trinajstić information content (AvgIpc) is 2.79. The molecule has 0 spiro atoms. The van der Waals surface area contributed by atoms with Crippen molar-refractivity contribution in [3.8, 4) is 0 Å². The summed E-state index contributed by atoms with van der Waals surface area (Å²) in [5.41, 5.74) is 3.31. The fraction of sp³-hybridized carbons (Fsp3) is 0.438.